The van der Waals surface area contributed by atoms with Gasteiger partial charge in [0, 0.05) is 11.1 Å². The second-order valence-corrected chi connectivity index (χ2v) is 7.69. The summed E-state index contributed by atoms with van der Waals surface area (Å²) in [7, 11) is -6.15. The van der Waals surface area contributed by atoms with Gasteiger partial charge in [0.2, 0.25) is 0 Å². The van der Waals surface area contributed by atoms with Gasteiger partial charge in [-0.3, -0.25) is 13.8 Å². The van der Waals surface area contributed by atoms with E-state index in [1.807, 2.05) is 0 Å². The molecule has 7 nitrogen and oxygen atoms in total. The van der Waals surface area contributed by atoms with Crippen molar-refractivity contribution in [3.05, 3.63) is 59.7 Å². The van der Waals surface area contributed by atoms with Gasteiger partial charge in [0.1, 0.15) is 24.1 Å². The molecule has 202 valence electrons. The van der Waals surface area contributed by atoms with Crippen LogP contribution in [0.5, 0.6) is 11.5 Å². The zero-order valence-corrected chi connectivity index (χ0v) is 18.2. The van der Waals surface area contributed by atoms with Gasteiger partial charge in [-0.2, -0.15) is 47.9 Å². The van der Waals surface area contributed by atoms with Crippen molar-refractivity contribution in [3.8, 4) is 11.5 Å². The number of phenols is 1. The van der Waals surface area contributed by atoms with Crippen molar-refractivity contribution in [1.29, 1.82) is 0 Å². The van der Waals surface area contributed by atoms with Gasteiger partial charge in [-0.15, -0.1) is 0 Å². The van der Waals surface area contributed by atoms with Crippen LogP contribution in [0.3, 0.4) is 0 Å². The lowest BCUT2D eigenvalue weighted by molar-refractivity contribution is -0.156. The molecular formula is C19H15F9O7S. The first kappa shape index (κ1) is 32.7. The summed E-state index contributed by atoms with van der Waals surface area (Å²) in [6.45, 7) is -3.84. The lowest BCUT2D eigenvalue weighted by atomic mass is 10.2. The number of carbonyl (C=O) groups excluding carboxylic acids is 2. The molecule has 17 heteroatoms. The number of aldehydes is 2. The van der Waals surface area contributed by atoms with E-state index in [-0.39, 0.29) is 17.1 Å². The second kappa shape index (κ2) is 13.7. The molecule has 0 spiro atoms. The molecule has 1 N–H and O–H groups in total. The van der Waals surface area contributed by atoms with Gasteiger partial charge >= 0.3 is 28.0 Å². The molecule has 2 aromatic rings. The quantitative estimate of drug-likeness (QED) is 0.229. The van der Waals surface area contributed by atoms with Gasteiger partial charge in [0.05, 0.1) is 0 Å². The summed E-state index contributed by atoms with van der Waals surface area (Å²) >= 11 is 0. The molecule has 0 fully saturated rings. The fourth-order valence-corrected chi connectivity index (χ4v) is 2.07. The normalized spacial score (nSPS) is 11.8. The van der Waals surface area contributed by atoms with Crippen LogP contribution < -0.4 is 4.74 Å². The van der Waals surface area contributed by atoms with Crippen LogP contribution in [0.4, 0.5) is 39.5 Å². The zero-order chi connectivity index (χ0) is 28.2. The summed E-state index contributed by atoms with van der Waals surface area (Å²) in [6, 6.07) is 11.7. The fourth-order valence-electron chi connectivity index (χ4n) is 1.65. The van der Waals surface area contributed by atoms with E-state index >= 15 is 0 Å². The van der Waals surface area contributed by atoms with Gasteiger partial charge in [0.25, 0.3) is 0 Å². The highest BCUT2D eigenvalue weighted by Crippen LogP contribution is 2.26. The summed E-state index contributed by atoms with van der Waals surface area (Å²) < 4.78 is 130. The summed E-state index contributed by atoms with van der Waals surface area (Å²) in [5, 5.41) is 8.79. The maximum atomic E-state index is 11.7. The van der Waals surface area contributed by atoms with Crippen LogP contribution in [-0.4, -0.2) is 57.2 Å². The average Bonchev–Trinajstić information content (AvgIpc) is 2.76. The maximum Gasteiger partial charge on any atom is 0.523 e. The topological polar surface area (TPSA) is 107 Å². The molecule has 0 heterocycles. The molecule has 0 radical (unpaired) electrons. The van der Waals surface area contributed by atoms with Crippen molar-refractivity contribution in [3.63, 3.8) is 0 Å². The fraction of sp³-hybridized carbons (Fsp3) is 0.263. The summed E-state index contributed by atoms with van der Waals surface area (Å²) in [4.78, 5) is 20.3. The standard InChI is InChI=1S/C9H7F3O2.C7H6O2.C3H2F6O3S/c10-9(11,12)6-14-8-3-1-2-7(4-8)5-13;8-5-6-2-1-3-7(9)4-6;4-2(5,6)1-12-13(10,11)3(7,8)9/h1-5H,6H2;1-5,9H;1H2. The number of benzene rings is 2. The minimum absolute atomic E-state index is 0.0342. The smallest absolute Gasteiger partial charge is 0.508 e. The van der Waals surface area contributed by atoms with Gasteiger partial charge in [0.15, 0.2) is 13.2 Å². The van der Waals surface area contributed by atoms with Crippen molar-refractivity contribution >= 4 is 22.7 Å². The van der Waals surface area contributed by atoms with Crippen LogP contribution in [0.25, 0.3) is 0 Å². The van der Waals surface area contributed by atoms with Crippen molar-refractivity contribution < 1.29 is 71.5 Å². The molecule has 0 saturated carbocycles. The second-order valence-electron chi connectivity index (χ2n) is 6.08. The Balaban J connectivity index is 0.000000522. The van der Waals surface area contributed by atoms with Crippen molar-refractivity contribution in [2.75, 3.05) is 13.2 Å². The first-order valence-corrected chi connectivity index (χ1v) is 10.2. The van der Waals surface area contributed by atoms with E-state index < -0.39 is 41.2 Å². The number of hydrogen-bond donors (Lipinski definition) is 1. The average molecular weight is 558 g/mol. The molecular weight excluding hydrogens is 543 g/mol. The van der Waals surface area contributed by atoms with Crippen LogP contribution >= 0.6 is 0 Å². The van der Waals surface area contributed by atoms with E-state index in [1.54, 1.807) is 12.1 Å². The number of phenolic OH excluding ortho intramolecular Hbond substituents is 1. The van der Waals surface area contributed by atoms with Crippen LogP contribution in [0.2, 0.25) is 0 Å². The van der Waals surface area contributed by atoms with E-state index in [2.05, 4.69) is 8.92 Å². The third-order valence-electron chi connectivity index (χ3n) is 3.06. The first-order chi connectivity index (χ1) is 16.3. The predicted octanol–water partition coefficient (Wildman–Crippen LogP) is 5.06. The van der Waals surface area contributed by atoms with E-state index in [0.717, 1.165) is 0 Å². The number of alkyl halides is 9. The van der Waals surface area contributed by atoms with Crippen molar-refractivity contribution in [1.82, 2.24) is 0 Å². The molecule has 0 amide bonds. The lowest BCUT2D eigenvalue weighted by Gasteiger charge is -2.09. The minimum Gasteiger partial charge on any atom is -0.508 e. The summed E-state index contributed by atoms with van der Waals surface area (Å²) in [6.07, 6.45) is -8.25. The number of halogens is 9. The molecule has 0 aromatic heterocycles. The predicted molar refractivity (Wildman–Crippen MR) is 104 cm³/mol. The highest BCUT2D eigenvalue weighted by atomic mass is 32.2. The number of hydrogen-bond acceptors (Lipinski definition) is 7. The molecule has 0 unspecified atom stereocenters. The highest BCUT2D eigenvalue weighted by molar-refractivity contribution is 7.87. The highest BCUT2D eigenvalue weighted by Gasteiger charge is 2.49. The van der Waals surface area contributed by atoms with Crippen LogP contribution in [0.1, 0.15) is 20.7 Å². The number of rotatable bonds is 6. The molecule has 0 bridgehead atoms. The molecule has 0 atom stereocenters. The van der Waals surface area contributed by atoms with Crippen LogP contribution in [0, 0.1) is 0 Å². The third-order valence-corrected chi connectivity index (χ3v) is 4.06. The Bertz CT molecular complexity index is 1080. The Morgan fingerprint density at radius 3 is 1.61 bits per heavy atom. The molecule has 2 rings (SSSR count). The van der Waals surface area contributed by atoms with Crippen molar-refractivity contribution in [2.45, 2.75) is 17.9 Å². The summed E-state index contributed by atoms with van der Waals surface area (Å²) in [5.74, 6) is 0.159. The number of carbonyl (C=O) groups is 2. The first-order valence-electron chi connectivity index (χ1n) is 8.81. The lowest BCUT2D eigenvalue weighted by Crippen LogP contribution is -2.29. The zero-order valence-electron chi connectivity index (χ0n) is 17.4. The van der Waals surface area contributed by atoms with E-state index in [0.29, 0.717) is 18.1 Å². The van der Waals surface area contributed by atoms with E-state index in [1.165, 1.54) is 36.4 Å². The molecule has 0 aliphatic heterocycles. The van der Waals surface area contributed by atoms with Gasteiger partial charge < -0.3 is 9.84 Å². The molecule has 0 aliphatic rings. The van der Waals surface area contributed by atoms with E-state index in [4.69, 9.17) is 5.11 Å². The van der Waals surface area contributed by atoms with Crippen LogP contribution in [0.15, 0.2) is 48.5 Å². The van der Waals surface area contributed by atoms with Gasteiger partial charge in [-0.05, 0) is 24.3 Å². The number of aromatic hydroxyl groups is 1. The largest absolute Gasteiger partial charge is 0.523 e. The minimum atomic E-state index is -6.15. The third kappa shape index (κ3) is 14.8. The maximum absolute atomic E-state index is 11.7. The Kier molecular flexibility index (Phi) is 12.4. The molecule has 36 heavy (non-hydrogen) atoms. The number of ether oxygens (including phenoxy) is 1. The van der Waals surface area contributed by atoms with Crippen molar-refractivity contribution in [2.24, 2.45) is 0 Å². The Hall–Kier alpha value is -3.34. The molecule has 2 aromatic carbocycles. The Morgan fingerprint density at radius 2 is 1.22 bits per heavy atom. The summed E-state index contributed by atoms with van der Waals surface area (Å²) in [5.41, 5.74) is -5.06. The van der Waals surface area contributed by atoms with Gasteiger partial charge in [-0.25, -0.2) is 0 Å². The molecule has 0 aliphatic carbocycles. The van der Waals surface area contributed by atoms with Gasteiger partial charge in [-0.1, -0.05) is 24.3 Å². The Labute approximate surface area is 197 Å². The SMILES string of the molecule is O=Cc1cccc(O)c1.O=Cc1cccc(OCC(F)(F)F)c1.O=S(=O)(OCC(F)(F)F)C(F)(F)F. The molecule has 0 saturated heterocycles. The van der Waals surface area contributed by atoms with Crippen LogP contribution in [-0.2, 0) is 14.3 Å². The van der Waals surface area contributed by atoms with E-state index in [9.17, 15) is 57.5 Å². The monoisotopic (exact) mass is 558 g/mol. The Morgan fingerprint density at radius 1 is 0.750 bits per heavy atom.